The Morgan fingerprint density at radius 3 is 3.14 bits per heavy atom. The van der Waals surface area contributed by atoms with Crippen LogP contribution in [0.2, 0.25) is 0 Å². The van der Waals surface area contributed by atoms with Crippen LogP contribution < -0.4 is 0 Å². The first-order valence-corrected chi connectivity index (χ1v) is 5.96. The second-order valence-electron chi connectivity index (χ2n) is 3.98. The highest BCUT2D eigenvalue weighted by Gasteiger charge is 2.23. The molecule has 2 rings (SSSR count). The monoisotopic (exact) mass is 209 g/mol. The van der Waals surface area contributed by atoms with E-state index in [1.165, 1.54) is 5.56 Å². The molecule has 3 heteroatoms. The number of hydrogen-bond acceptors (Lipinski definition) is 3. The molecule has 1 aromatic heterocycles. The van der Waals surface area contributed by atoms with Gasteiger partial charge in [0.05, 0.1) is 0 Å². The van der Waals surface area contributed by atoms with Gasteiger partial charge in [0, 0.05) is 32.0 Å². The molecule has 0 bridgehead atoms. The summed E-state index contributed by atoms with van der Waals surface area (Å²) < 4.78 is 0. The number of nitrogens with zero attached hydrogens (tertiary/aromatic N) is 1. The molecule has 0 aliphatic carbocycles. The lowest BCUT2D eigenvalue weighted by molar-refractivity contribution is -0.125. The fraction of sp³-hybridized carbons (Fsp3) is 0.545. The van der Waals surface area contributed by atoms with Crippen molar-refractivity contribution in [1.82, 2.24) is 4.90 Å². The lowest BCUT2D eigenvalue weighted by atomic mass is 9.98. The van der Waals surface area contributed by atoms with E-state index >= 15 is 0 Å². The van der Waals surface area contributed by atoms with Crippen LogP contribution in [0.1, 0.15) is 18.9 Å². The molecule has 1 aliphatic rings. The van der Waals surface area contributed by atoms with Crippen molar-refractivity contribution in [1.29, 1.82) is 0 Å². The molecule has 1 fully saturated rings. The van der Waals surface area contributed by atoms with E-state index in [2.05, 4.69) is 21.7 Å². The van der Waals surface area contributed by atoms with Crippen molar-refractivity contribution in [3.05, 3.63) is 22.4 Å². The van der Waals surface area contributed by atoms with Crippen molar-refractivity contribution >= 4 is 17.1 Å². The number of ketones is 1. The van der Waals surface area contributed by atoms with Crippen molar-refractivity contribution in [2.75, 3.05) is 13.1 Å². The predicted molar refractivity (Wildman–Crippen MR) is 58.4 cm³/mol. The quantitative estimate of drug-likeness (QED) is 0.744. The van der Waals surface area contributed by atoms with Crippen LogP contribution in [0.3, 0.4) is 0 Å². The summed E-state index contributed by atoms with van der Waals surface area (Å²) in [6.07, 6.45) is 0.727. The van der Waals surface area contributed by atoms with E-state index in [4.69, 9.17) is 0 Å². The van der Waals surface area contributed by atoms with E-state index in [1.807, 2.05) is 6.92 Å². The van der Waals surface area contributed by atoms with E-state index in [0.717, 1.165) is 26.1 Å². The van der Waals surface area contributed by atoms with Gasteiger partial charge in [0.2, 0.25) is 0 Å². The summed E-state index contributed by atoms with van der Waals surface area (Å²) in [5, 5.41) is 4.29. The summed E-state index contributed by atoms with van der Waals surface area (Å²) >= 11 is 1.74. The molecule has 2 heterocycles. The predicted octanol–water partition coefficient (Wildman–Crippen LogP) is 2.16. The van der Waals surface area contributed by atoms with Crippen molar-refractivity contribution in [3.8, 4) is 0 Å². The minimum atomic E-state index is 0.224. The Hall–Kier alpha value is -0.670. The molecule has 0 amide bonds. The van der Waals surface area contributed by atoms with Crippen molar-refractivity contribution in [2.45, 2.75) is 19.9 Å². The summed E-state index contributed by atoms with van der Waals surface area (Å²) in [4.78, 5) is 13.7. The van der Waals surface area contributed by atoms with Crippen LogP contribution in [-0.2, 0) is 11.3 Å². The minimum absolute atomic E-state index is 0.224. The van der Waals surface area contributed by atoms with Crippen LogP contribution in [-0.4, -0.2) is 23.8 Å². The number of hydrogen-bond donors (Lipinski definition) is 0. The third kappa shape index (κ3) is 2.22. The lowest BCUT2D eigenvalue weighted by Gasteiger charge is -2.29. The molecule has 1 unspecified atom stereocenters. The van der Waals surface area contributed by atoms with Gasteiger partial charge in [-0.1, -0.05) is 6.92 Å². The molecule has 0 spiro atoms. The van der Waals surface area contributed by atoms with E-state index in [9.17, 15) is 4.79 Å². The maximum absolute atomic E-state index is 11.3. The van der Waals surface area contributed by atoms with Crippen LogP contribution in [0.15, 0.2) is 16.8 Å². The number of likely N-dealkylation sites (tertiary alicyclic amines) is 1. The van der Waals surface area contributed by atoms with Gasteiger partial charge in [-0.15, -0.1) is 0 Å². The molecule has 0 N–H and O–H groups in total. The van der Waals surface area contributed by atoms with Crippen LogP contribution in [0.25, 0.3) is 0 Å². The Morgan fingerprint density at radius 2 is 2.50 bits per heavy atom. The zero-order valence-corrected chi connectivity index (χ0v) is 9.22. The molecule has 1 saturated heterocycles. The summed E-state index contributed by atoms with van der Waals surface area (Å²) in [7, 11) is 0. The molecule has 0 aromatic carbocycles. The highest BCUT2D eigenvalue weighted by atomic mass is 32.1. The molecule has 2 nitrogen and oxygen atoms in total. The first-order chi connectivity index (χ1) is 6.75. The zero-order valence-electron chi connectivity index (χ0n) is 8.40. The number of piperidine rings is 1. The lowest BCUT2D eigenvalue weighted by Crippen LogP contribution is -2.38. The molecular weight excluding hydrogens is 194 g/mol. The highest BCUT2D eigenvalue weighted by molar-refractivity contribution is 7.07. The fourth-order valence-corrected chi connectivity index (χ4v) is 2.54. The van der Waals surface area contributed by atoms with Gasteiger partial charge >= 0.3 is 0 Å². The second-order valence-corrected chi connectivity index (χ2v) is 4.76. The van der Waals surface area contributed by atoms with Crippen molar-refractivity contribution in [2.24, 2.45) is 5.92 Å². The van der Waals surface area contributed by atoms with Crippen LogP contribution in [0.5, 0.6) is 0 Å². The Kier molecular flexibility index (Phi) is 2.99. The zero-order chi connectivity index (χ0) is 9.97. The molecular formula is C11H15NOS. The van der Waals surface area contributed by atoms with Gasteiger partial charge in [-0.3, -0.25) is 9.69 Å². The summed E-state index contributed by atoms with van der Waals surface area (Å²) in [6.45, 7) is 4.89. The normalized spacial score (nSPS) is 24.1. The topological polar surface area (TPSA) is 20.3 Å². The maximum Gasteiger partial charge on any atom is 0.138 e. The SMILES string of the molecule is CC1CN(Cc2ccsc2)CCC1=O. The Morgan fingerprint density at radius 1 is 1.64 bits per heavy atom. The van der Waals surface area contributed by atoms with Gasteiger partial charge in [-0.2, -0.15) is 11.3 Å². The third-order valence-electron chi connectivity index (χ3n) is 2.74. The standard InChI is InChI=1S/C11H15NOS/c1-9-6-12(4-2-11(9)13)7-10-3-5-14-8-10/h3,5,8-9H,2,4,6-7H2,1H3. The molecule has 76 valence electrons. The van der Waals surface area contributed by atoms with Gasteiger partial charge in [-0.25, -0.2) is 0 Å². The molecule has 0 radical (unpaired) electrons. The summed E-state index contributed by atoms with van der Waals surface area (Å²) in [6, 6.07) is 2.16. The largest absolute Gasteiger partial charge is 0.299 e. The van der Waals surface area contributed by atoms with Crippen LogP contribution in [0, 0.1) is 5.92 Å². The van der Waals surface area contributed by atoms with Crippen molar-refractivity contribution < 1.29 is 4.79 Å². The summed E-state index contributed by atoms with van der Waals surface area (Å²) in [5.41, 5.74) is 1.37. The summed E-state index contributed by atoms with van der Waals surface area (Å²) in [5.74, 6) is 0.647. The average Bonchev–Trinajstić information content (AvgIpc) is 2.64. The fourth-order valence-electron chi connectivity index (χ4n) is 1.88. The molecule has 0 saturated carbocycles. The number of rotatable bonds is 2. The number of carbonyl (C=O) groups is 1. The minimum Gasteiger partial charge on any atom is -0.299 e. The van der Waals surface area contributed by atoms with E-state index in [-0.39, 0.29) is 5.92 Å². The van der Waals surface area contributed by atoms with E-state index in [1.54, 1.807) is 11.3 Å². The van der Waals surface area contributed by atoms with Crippen LogP contribution >= 0.6 is 11.3 Å². The molecule has 1 aliphatic heterocycles. The first kappa shape index (κ1) is 9.87. The maximum atomic E-state index is 11.3. The molecule has 14 heavy (non-hydrogen) atoms. The van der Waals surface area contributed by atoms with Gasteiger partial charge in [0.15, 0.2) is 0 Å². The van der Waals surface area contributed by atoms with Crippen LogP contribution in [0.4, 0.5) is 0 Å². The van der Waals surface area contributed by atoms with E-state index in [0.29, 0.717) is 5.78 Å². The van der Waals surface area contributed by atoms with Gasteiger partial charge in [-0.05, 0) is 22.4 Å². The van der Waals surface area contributed by atoms with Gasteiger partial charge in [0.1, 0.15) is 5.78 Å². The third-order valence-corrected chi connectivity index (χ3v) is 3.47. The Balaban J connectivity index is 1.91. The Bertz CT molecular complexity index is 307. The Labute approximate surface area is 88.5 Å². The number of Topliss-reactive ketones (excluding diaryl/α,β-unsaturated/α-hetero) is 1. The second kappa shape index (κ2) is 4.24. The first-order valence-electron chi connectivity index (χ1n) is 5.02. The number of thiophene rings is 1. The van der Waals surface area contributed by atoms with Gasteiger partial charge < -0.3 is 0 Å². The smallest absolute Gasteiger partial charge is 0.138 e. The van der Waals surface area contributed by atoms with Gasteiger partial charge in [0.25, 0.3) is 0 Å². The molecule has 1 aromatic rings. The van der Waals surface area contributed by atoms with Crippen molar-refractivity contribution in [3.63, 3.8) is 0 Å². The molecule has 1 atom stereocenters. The highest BCUT2D eigenvalue weighted by Crippen LogP contribution is 2.16. The van der Waals surface area contributed by atoms with E-state index < -0.39 is 0 Å². The number of carbonyl (C=O) groups excluding carboxylic acids is 1. The average molecular weight is 209 g/mol.